The average Bonchev–Trinajstić information content (AvgIpc) is 2.39. The highest BCUT2D eigenvalue weighted by atomic mass is 16.5. The van der Waals surface area contributed by atoms with Crippen molar-refractivity contribution in [2.75, 3.05) is 31.3 Å². The molecule has 2 atom stereocenters. The summed E-state index contributed by atoms with van der Waals surface area (Å²) in [6.07, 6.45) is 1.80. The minimum atomic E-state index is -0.00474. The van der Waals surface area contributed by atoms with Gasteiger partial charge in [-0.05, 0) is 18.6 Å². The van der Waals surface area contributed by atoms with Crippen molar-refractivity contribution in [2.45, 2.75) is 19.0 Å². The second-order valence-electron chi connectivity index (χ2n) is 4.34. The van der Waals surface area contributed by atoms with Gasteiger partial charge in [-0.3, -0.25) is 0 Å². The summed E-state index contributed by atoms with van der Waals surface area (Å²) in [7, 11) is 0. The smallest absolute Gasteiger partial charge is 0.128 e. The number of hydrogen-bond acceptors (Lipinski definition) is 5. The van der Waals surface area contributed by atoms with Gasteiger partial charge < -0.3 is 20.5 Å². The van der Waals surface area contributed by atoms with Crippen LogP contribution in [0.25, 0.3) is 0 Å². The lowest BCUT2D eigenvalue weighted by atomic mass is 10.1. The molecule has 1 unspecified atom stereocenters. The molecule has 1 saturated heterocycles. The van der Waals surface area contributed by atoms with Crippen molar-refractivity contribution in [3.05, 3.63) is 23.9 Å². The number of hydrogen-bond donors (Lipinski definition) is 2. The number of aliphatic hydroxyl groups is 1. The van der Waals surface area contributed by atoms with Crippen LogP contribution >= 0.6 is 0 Å². The van der Waals surface area contributed by atoms with Gasteiger partial charge in [0.1, 0.15) is 5.82 Å². The molecule has 1 aliphatic heterocycles. The van der Waals surface area contributed by atoms with E-state index in [9.17, 15) is 5.11 Å². The van der Waals surface area contributed by atoms with E-state index in [1.165, 1.54) is 0 Å². The molecule has 17 heavy (non-hydrogen) atoms. The molecule has 5 nitrogen and oxygen atoms in total. The van der Waals surface area contributed by atoms with Crippen molar-refractivity contribution in [3.8, 4) is 0 Å². The van der Waals surface area contributed by atoms with E-state index in [0.717, 1.165) is 17.9 Å². The Morgan fingerprint density at radius 2 is 2.47 bits per heavy atom. The number of morpholine rings is 1. The van der Waals surface area contributed by atoms with E-state index in [1.807, 2.05) is 19.1 Å². The van der Waals surface area contributed by atoms with Crippen LogP contribution in [0, 0.1) is 0 Å². The maximum absolute atomic E-state index is 9.30. The van der Waals surface area contributed by atoms with E-state index in [0.29, 0.717) is 13.2 Å². The Morgan fingerprint density at radius 3 is 3.06 bits per heavy atom. The molecule has 1 fully saturated rings. The lowest BCUT2D eigenvalue weighted by Gasteiger charge is -2.35. The molecular formula is C12H19N3O2. The first kappa shape index (κ1) is 12.3. The fourth-order valence-electron chi connectivity index (χ4n) is 1.94. The van der Waals surface area contributed by atoms with Crippen molar-refractivity contribution in [3.63, 3.8) is 0 Å². The average molecular weight is 237 g/mol. The van der Waals surface area contributed by atoms with Gasteiger partial charge in [-0.1, -0.05) is 6.07 Å². The summed E-state index contributed by atoms with van der Waals surface area (Å²) in [4.78, 5) is 6.48. The summed E-state index contributed by atoms with van der Waals surface area (Å²) < 4.78 is 5.34. The normalized spacial score (nSPS) is 22.5. The summed E-state index contributed by atoms with van der Waals surface area (Å²) in [5, 5.41) is 9.30. The fraction of sp³-hybridized carbons (Fsp3) is 0.583. The first-order chi connectivity index (χ1) is 8.22. The van der Waals surface area contributed by atoms with Gasteiger partial charge in [0.05, 0.1) is 25.9 Å². The van der Waals surface area contributed by atoms with Gasteiger partial charge >= 0.3 is 0 Å². The Balaban J connectivity index is 2.15. The Hall–Kier alpha value is -1.17. The molecule has 0 amide bonds. The van der Waals surface area contributed by atoms with Crippen LogP contribution in [0.3, 0.4) is 0 Å². The Kier molecular flexibility index (Phi) is 3.93. The predicted molar refractivity (Wildman–Crippen MR) is 65.9 cm³/mol. The molecule has 0 bridgehead atoms. The number of nitrogens with two attached hydrogens (primary N) is 1. The van der Waals surface area contributed by atoms with Crippen molar-refractivity contribution in [1.29, 1.82) is 0 Å². The number of aliphatic hydroxyl groups excluding tert-OH is 1. The summed E-state index contributed by atoms with van der Waals surface area (Å²) in [5.74, 6) is 0.872. The summed E-state index contributed by atoms with van der Waals surface area (Å²) in [6, 6.07) is 3.93. The highest BCUT2D eigenvalue weighted by Crippen LogP contribution is 2.18. The molecule has 2 rings (SSSR count). The van der Waals surface area contributed by atoms with E-state index >= 15 is 0 Å². The second kappa shape index (κ2) is 5.44. The second-order valence-corrected chi connectivity index (χ2v) is 4.34. The molecule has 3 N–H and O–H groups in total. The largest absolute Gasteiger partial charge is 0.394 e. The third-order valence-electron chi connectivity index (χ3n) is 3.03. The molecule has 0 spiro atoms. The molecule has 1 aromatic heterocycles. The Morgan fingerprint density at radius 1 is 1.65 bits per heavy atom. The molecule has 5 heteroatoms. The maximum atomic E-state index is 9.30. The molecular weight excluding hydrogens is 218 g/mol. The highest BCUT2D eigenvalue weighted by molar-refractivity contribution is 5.41. The summed E-state index contributed by atoms with van der Waals surface area (Å²) in [6.45, 7) is 3.99. The quantitative estimate of drug-likeness (QED) is 0.791. The first-order valence-corrected chi connectivity index (χ1v) is 5.89. The minimum absolute atomic E-state index is 0.00241. The van der Waals surface area contributed by atoms with Crippen LogP contribution in [0.5, 0.6) is 0 Å². The van der Waals surface area contributed by atoms with Crippen LogP contribution in [0.2, 0.25) is 0 Å². The zero-order chi connectivity index (χ0) is 12.3. The van der Waals surface area contributed by atoms with E-state index in [-0.39, 0.29) is 18.7 Å². The van der Waals surface area contributed by atoms with Gasteiger partial charge in [0, 0.05) is 18.8 Å². The van der Waals surface area contributed by atoms with Gasteiger partial charge in [0.15, 0.2) is 0 Å². The van der Waals surface area contributed by atoms with Gasteiger partial charge in [-0.25, -0.2) is 4.98 Å². The van der Waals surface area contributed by atoms with Gasteiger partial charge in [0.2, 0.25) is 0 Å². The molecule has 2 heterocycles. The van der Waals surface area contributed by atoms with Gasteiger partial charge in [0.25, 0.3) is 0 Å². The molecule has 0 aromatic carbocycles. The lowest BCUT2D eigenvalue weighted by molar-refractivity contribution is 0.0723. The topological polar surface area (TPSA) is 71.6 Å². The fourth-order valence-corrected chi connectivity index (χ4v) is 1.94. The van der Waals surface area contributed by atoms with Gasteiger partial charge in [-0.2, -0.15) is 0 Å². The summed E-state index contributed by atoms with van der Waals surface area (Å²) >= 11 is 0. The minimum Gasteiger partial charge on any atom is -0.394 e. The zero-order valence-electron chi connectivity index (χ0n) is 10.0. The van der Waals surface area contributed by atoms with Crippen LogP contribution in [0.1, 0.15) is 18.5 Å². The van der Waals surface area contributed by atoms with E-state index in [4.69, 9.17) is 10.5 Å². The van der Waals surface area contributed by atoms with Crippen LogP contribution in [0.15, 0.2) is 18.3 Å². The third kappa shape index (κ3) is 2.74. The standard InChI is InChI=1S/C12H19N3O2/c1-9(13)10-2-3-12(14-6-10)15-4-5-17-8-11(15)7-16/h2-3,6,9,11,16H,4-5,7-8,13H2,1H3/t9-,11?/m1/s1. The highest BCUT2D eigenvalue weighted by Gasteiger charge is 2.23. The number of anilines is 1. The number of nitrogens with zero attached hydrogens (tertiary/aromatic N) is 2. The number of ether oxygens (including phenoxy) is 1. The molecule has 0 aliphatic carbocycles. The SMILES string of the molecule is C[C@@H](N)c1ccc(N2CCOCC2CO)nc1. The summed E-state index contributed by atoms with van der Waals surface area (Å²) in [5.41, 5.74) is 6.80. The van der Waals surface area contributed by atoms with Gasteiger partial charge in [-0.15, -0.1) is 0 Å². The first-order valence-electron chi connectivity index (χ1n) is 5.89. The van der Waals surface area contributed by atoms with Crippen molar-refractivity contribution >= 4 is 5.82 Å². The van der Waals surface area contributed by atoms with Crippen LogP contribution < -0.4 is 10.6 Å². The van der Waals surface area contributed by atoms with E-state index in [1.54, 1.807) is 6.20 Å². The predicted octanol–water partition coefficient (Wildman–Crippen LogP) is 0.299. The molecule has 0 saturated carbocycles. The number of aromatic nitrogens is 1. The number of pyridine rings is 1. The van der Waals surface area contributed by atoms with Crippen LogP contribution in [-0.4, -0.2) is 42.5 Å². The van der Waals surface area contributed by atoms with E-state index < -0.39 is 0 Å². The molecule has 1 aliphatic rings. The van der Waals surface area contributed by atoms with Crippen LogP contribution in [0.4, 0.5) is 5.82 Å². The van der Waals surface area contributed by atoms with Crippen molar-refractivity contribution in [1.82, 2.24) is 4.98 Å². The molecule has 94 valence electrons. The van der Waals surface area contributed by atoms with Crippen LogP contribution in [-0.2, 0) is 4.74 Å². The zero-order valence-corrected chi connectivity index (χ0v) is 10.0. The Bertz CT molecular complexity index is 353. The van der Waals surface area contributed by atoms with E-state index in [2.05, 4.69) is 9.88 Å². The molecule has 1 aromatic rings. The van der Waals surface area contributed by atoms with Crippen molar-refractivity contribution < 1.29 is 9.84 Å². The Labute approximate surface area is 101 Å². The lowest BCUT2D eigenvalue weighted by Crippen LogP contribution is -2.48. The third-order valence-corrected chi connectivity index (χ3v) is 3.03. The maximum Gasteiger partial charge on any atom is 0.128 e. The molecule has 0 radical (unpaired) electrons. The monoisotopic (exact) mass is 237 g/mol. The number of rotatable bonds is 3. The van der Waals surface area contributed by atoms with Crippen molar-refractivity contribution in [2.24, 2.45) is 5.73 Å².